The second-order valence-corrected chi connectivity index (χ2v) is 7.96. The number of rotatable bonds is 7. The molecule has 0 fully saturated rings. The van der Waals surface area contributed by atoms with E-state index in [-0.39, 0.29) is 6.04 Å². The quantitative estimate of drug-likeness (QED) is 0.721. The van der Waals surface area contributed by atoms with E-state index in [1.165, 1.54) is 4.31 Å². The Hall–Kier alpha value is -0.580. The van der Waals surface area contributed by atoms with Crippen LogP contribution in [-0.4, -0.2) is 31.7 Å². The molecule has 0 aliphatic carbocycles. The van der Waals surface area contributed by atoms with Crippen LogP contribution >= 0.6 is 11.6 Å². The Labute approximate surface area is 128 Å². The van der Waals surface area contributed by atoms with Crippen molar-refractivity contribution < 1.29 is 8.42 Å². The number of halogens is 1. The number of hydrogen-bond donors (Lipinski definition) is 0. The SMILES string of the molecule is CC(C)CC(C)N(C)S(=O)(=O)c1ccc(CCCl)cc1. The number of hydrogen-bond acceptors (Lipinski definition) is 2. The summed E-state index contributed by atoms with van der Waals surface area (Å²) >= 11 is 5.68. The van der Waals surface area contributed by atoms with Gasteiger partial charge in [-0.05, 0) is 43.4 Å². The molecule has 3 nitrogen and oxygen atoms in total. The van der Waals surface area contributed by atoms with Gasteiger partial charge in [-0.2, -0.15) is 4.31 Å². The van der Waals surface area contributed by atoms with Gasteiger partial charge in [0, 0.05) is 19.0 Å². The van der Waals surface area contributed by atoms with E-state index in [9.17, 15) is 8.42 Å². The fraction of sp³-hybridized carbons (Fsp3) is 0.600. The predicted molar refractivity (Wildman–Crippen MR) is 84.7 cm³/mol. The van der Waals surface area contributed by atoms with E-state index < -0.39 is 10.0 Å². The molecule has 1 aromatic rings. The summed E-state index contributed by atoms with van der Waals surface area (Å²) in [6.07, 6.45) is 1.60. The molecule has 0 saturated carbocycles. The van der Waals surface area contributed by atoms with Gasteiger partial charge in [0.2, 0.25) is 10.0 Å². The molecule has 1 rings (SSSR count). The van der Waals surface area contributed by atoms with Crippen molar-refractivity contribution in [2.24, 2.45) is 5.92 Å². The highest BCUT2D eigenvalue weighted by Crippen LogP contribution is 2.20. The minimum absolute atomic E-state index is 0.0116. The lowest BCUT2D eigenvalue weighted by atomic mass is 10.1. The van der Waals surface area contributed by atoms with E-state index in [0.717, 1.165) is 18.4 Å². The highest BCUT2D eigenvalue weighted by Gasteiger charge is 2.25. The van der Waals surface area contributed by atoms with Gasteiger partial charge in [0.05, 0.1) is 4.90 Å². The Balaban J connectivity index is 2.92. The van der Waals surface area contributed by atoms with Crippen molar-refractivity contribution in [2.45, 2.75) is 44.6 Å². The summed E-state index contributed by atoms with van der Waals surface area (Å²) in [4.78, 5) is 0.342. The summed E-state index contributed by atoms with van der Waals surface area (Å²) in [7, 11) is -1.77. The first-order chi connectivity index (χ1) is 9.28. The lowest BCUT2D eigenvalue weighted by Gasteiger charge is -2.25. The van der Waals surface area contributed by atoms with Crippen molar-refractivity contribution in [3.8, 4) is 0 Å². The van der Waals surface area contributed by atoms with Crippen molar-refractivity contribution in [1.82, 2.24) is 4.31 Å². The van der Waals surface area contributed by atoms with E-state index in [0.29, 0.717) is 16.7 Å². The highest BCUT2D eigenvalue weighted by molar-refractivity contribution is 7.89. The predicted octanol–water partition coefficient (Wildman–Crippen LogP) is 3.52. The number of alkyl halides is 1. The largest absolute Gasteiger partial charge is 0.243 e. The third kappa shape index (κ3) is 4.47. The Kier molecular flexibility index (Phi) is 6.49. The molecule has 0 aliphatic rings. The lowest BCUT2D eigenvalue weighted by Crippen LogP contribution is -2.35. The first-order valence-corrected chi connectivity index (χ1v) is 8.89. The summed E-state index contributed by atoms with van der Waals surface area (Å²) in [5, 5.41) is 0. The molecular formula is C15H24ClNO2S. The Morgan fingerprint density at radius 3 is 2.15 bits per heavy atom. The summed E-state index contributed by atoms with van der Waals surface area (Å²) < 4.78 is 26.5. The van der Waals surface area contributed by atoms with Crippen LogP contribution in [-0.2, 0) is 16.4 Å². The van der Waals surface area contributed by atoms with Crippen LogP contribution in [0.3, 0.4) is 0 Å². The van der Waals surface area contributed by atoms with Gasteiger partial charge in [0.15, 0.2) is 0 Å². The van der Waals surface area contributed by atoms with Crippen LogP contribution in [0, 0.1) is 5.92 Å². The van der Waals surface area contributed by atoms with Crippen LogP contribution < -0.4 is 0 Å². The van der Waals surface area contributed by atoms with Crippen molar-refractivity contribution in [1.29, 1.82) is 0 Å². The van der Waals surface area contributed by atoms with Crippen molar-refractivity contribution >= 4 is 21.6 Å². The van der Waals surface area contributed by atoms with Gasteiger partial charge >= 0.3 is 0 Å². The second kappa shape index (κ2) is 7.43. The van der Waals surface area contributed by atoms with Gasteiger partial charge in [0.25, 0.3) is 0 Å². The molecule has 0 spiro atoms. The van der Waals surface area contributed by atoms with E-state index in [1.54, 1.807) is 19.2 Å². The number of benzene rings is 1. The van der Waals surface area contributed by atoms with Gasteiger partial charge in [-0.25, -0.2) is 8.42 Å². The zero-order valence-corrected chi connectivity index (χ0v) is 14.2. The minimum Gasteiger partial charge on any atom is -0.207 e. The Morgan fingerprint density at radius 1 is 1.15 bits per heavy atom. The smallest absolute Gasteiger partial charge is 0.207 e. The second-order valence-electron chi connectivity index (χ2n) is 5.58. The maximum Gasteiger partial charge on any atom is 0.243 e. The minimum atomic E-state index is -3.42. The summed E-state index contributed by atoms with van der Waals surface area (Å²) in [5.74, 6) is 1.01. The normalized spacial score (nSPS) is 13.9. The fourth-order valence-corrected chi connectivity index (χ4v) is 3.76. The third-order valence-electron chi connectivity index (χ3n) is 3.42. The number of nitrogens with zero attached hydrogens (tertiary/aromatic N) is 1. The standard InChI is InChI=1S/C15H24ClNO2S/c1-12(2)11-13(3)17(4)20(18,19)15-7-5-14(6-8-15)9-10-16/h5-8,12-13H,9-11H2,1-4H3. The van der Waals surface area contributed by atoms with Crippen LogP contribution in [0.5, 0.6) is 0 Å². The molecule has 0 aliphatic heterocycles. The van der Waals surface area contributed by atoms with Crippen molar-refractivity contribution in [3.63, 3.8) is 0 Å². The molecule has 1 unspecified atom stereocenters. The van der Waals surface area contributed by atoms with Gasteiger partial charge in [-0.3, -0.25) is 0 Å². The fourth-order valence-electron chi connectivity index (χ4n) is 2.17. The molecule has 20 heavy (non-hydrogen) atoms. The summed E-state index contributed by atoms with van der Waals surface area (Å²) in [6.45, 7) is 6.13. The average Bonchev–Trinajstić information content (AvgIpc) is 2.38. The molecule has 1 aromatic carbocycles. The van der Waals surface area contributed by atoms with E-state index in [2.05, 4.69) is 13.8 Å². The molecular weight excluding hydrogens is 294 g/mol. The van der Waals surface area contributed by atoms with Gasteiger partial charge in [0.1, 0.15) is 0 Å². The topological polar surface area (TPSA) is 37.4 Å². The van der Waals surface area contributed by atoms with Crippen LogP contribution in [0.15, 0.2) is 29.2 Å². The van der Waals surface area contributed by atoms with Gasteiger partial charge in [-0.1, -0.05) is 26.0 Å². The number of aryl methyl sites for hydroxylation is 1. The highest BCUT2D eigenvalue weighted by atomic mass is 35.5. The van der Waals surface area contributed by atoms with Crippen LogP contribution in [0.1, 0.15) is 32.8 Å². The molecule has 0 bridgehead atoms. The zero-order valence-electron chi connectivity index (χ0n) is 12.6. The maximum atomic E-state index is 12.5. The molecule has 0 aromatic heterocycles. The van der Waals surface area contributed by atoms with E-state index in [4.69, 9.17) is 11.6 Å². The summed E-state index contributed by atoms with van der Waals surface area (Å²) in [6, 6.07) is 6.97. The molecule has 114 valence electrons. The van der Waals surface area contributed by atoms with Gasteiger partial charge < -0.3 is 0 Å². The van der Waals surface area contributed by atoms with Crippen molar-refractivity contribution in [2.75, 3.05) is 12.9 Å². The maximum absolute atomic E-state index is 12.5. The number of sulfonamides is 1. The molecule has 1 atom stereocenters. The Bertz CT molecular complexity index is 511. The third-order valence-corrected chi connectivity index (χ3v) is 5.59. The van der Waals surface area contributed by atoms with Crippen LogP contribution in [0.4, 0.5) is 0 Å². The first kappa shape index (κ1) is 17.5. The van der Waals surface area contributed by atoms with E-state index >= 15 is 0 Å². The molecule has 5 heteroatoms. The molecule has 0 N–H and O–H groups in total. The zero-order chi connectivity index (χ0) is 15.3. The molecule has 0 saturated heterocycles. The Morgan fingerprint density at radius 2 is 1.70 bits per heavy atom. The monoisotopic (exact) mass is 317 g/mol. The molecule has 0 heterocycles. The first-order valence-electron chi connectivity index (χ1n) is 6.92. The summed E-state index contributed by atoms with van der Waals surface area (Å²) in [5.41, 5.74) is 1.05. The van der Waals surface area contributed by atoms with E-state index in [1.807, 2.05) is 19.1 Å². The van der Waals surface area contributed by atoms with Crippen LogP contribution in [0.25, 0.3) is 0 Å². The lowest BCUT2D eigenvalue weighted by molar-refractivity contribution is 0.338. The molecule has 0 radical (unpaired) electrons. The molecule has 0 amide bonds. The average molecular weight is 318 g/mol. The van der Waals surface area contributed by atoms with Crippen LogP contribution in [0.2, 0.25) is 0 Å². The van der Waals surface area contributed by atoms with Crippen molar-refractivity contribution in [3.05, 3.63) is 29.8 Å². The van der Waals surface area contributed by atoms with Gasteiger partial charge in [-0.15, -0.1) is 11.6 Å².